The van der Waals surface area contributed by atoms with Crippen molar-refractivity contribution in [2.75, 3.05) is 13.2 Å². The van der Waals surface area contributed by atoms with Crippen LogP contribution in [0, 0.1) is 17.8 Å². The zero-order valence-corrected chi connectivity index (χ0v) is 13.2. The zero-order valence-electron chi connectivity index (χ0n) is 12.4. The first-order chi connectivity index (χ1) is 9.96. The van der Waals surface area contributed by atoms with Gasteiger partial charge in [-0.25, -0.2) is 8.42 Å². The van der Waals surface area contributed by atoms with E-state index in [1.54, 1.807) is 28.6 Å². The van der Waals surface area contributed by atoms with Crippen LogP contribution in [0.1, 0.15) is 32.3 Å². The normalized spacial score (nSPS) is 23.4. The van der Waals surface area contributed by atoms with Gasteiger partial charge in [-0.15, -0.1) is 0 Å². The largest absolute Gasteiger partial charge is 0.384 e. The van der Waals surface area contributed by atoms with Gasteiger partial charge in [-0.3, -0.25) is 0 Å². The van der Waals surface area contributed by atoms with E-state index in [1.807, 2.05) is 6.92 Å². The van der Waals surface area contributed by atoms with Crippen LogP contribution in [0.2, 0.25) is 0 Å². The molecule has 114 valence electrons. The summed E-state index contributed by atoms with van der Waals surface area (Å²) in [5.74, 6) is 5.65. The number of sulfonamides is 1. The lowest BCUT2D eigenvalue weighted by atomic mass is 9.94. The fourth-order valence-electron chi connectivity index (χ4n) is 2.65. The van der Waals surface area contributed by atoms with Crippen molar-refractivity contribution in [3.8, 4) is 11.8 Å². The Balaban J connectivity index is 2.35. The summed E-state index contributed by atoms with van der Waals surface area (Å²) in [6.07, 6.45) is 1.96. The number of hydrogen-bond donors (Lipinski definition) is 1. The number of aliphatic hydroxyl groups is 1. The molecule has 1 aromatic carbocycles. The van der Waals surface area contributed by atoms with E-state index in [1.165, 1.54) is 0 Å². The minimum Gasteiger partial charge on any atom is -0.384 e. The van der Waals surface area contributed by atoms with Crippen molar-refractivity contribution in [2.24, 2.45) is 5.92 Å². The maximum atomic E-state index is 12.8. The number of aliphatic hydroxyl groups excluding tert-OH is 1. The molecule has 1 heterocycles. The average molecular weight is 307 g/mol. The molecule has 2 rings (SSSR count). The third-order valence-electron chi connectivity index (χ3n) is 4.07. The highest BCUT2D eigenvalue weighted by atomic mass is 32.2. The summed E-state index contributed by atoms with van der Waals surface area (Å²) in [5, 5.41) is 8.72. The molecule has 0 amide bonds. The monoisotopic (exact) mass is 307 g/mol. The Labute approximate surface area is 126 Å². The molecule has 2 atom stereocenters. The first-order valence-corrected chi connectivity index (χ1v) is 8.62. The summed E-state index contributed by atoms with van der Waals surface area (Å²) in [6.45, 7) is 4.39. The van der Waals surface area contributed by atoms with Gasteiger partial charge in [0.15, 0.2) is 0 Å². The van der Waals surface area contributed by atoms with Crippen molar-refractivity contribution in [1.29, 1.82) is 0 Å². The molecule has 0 bridgehead atoms. The minimum atomic E-state index is -3.49. The Kier molecular flexibility index (Phi) is 5.04. The zero-order chi connectivity index (χ0) is 15.5. The third-order valence-corrected chi connectivity index (χ3v) is 6.05. The highest BCUT2D eigenvalue weighted by Crippen LogP contribution is 2.28. The van der Waals surface area contributed by atoms with Crippen molar-refractivity contribution in [2.45, 2.75) is 37.6 Å². The first-order valence-electron chi connectivity index (χ1n) is 7.18. The number of hydrogen-bond acceptors (Lipinski definition) is 3. The highest BCUT2D eigenvalue weighted by molar-refractivity contribution is 7.89. The van der Waals surface area contributed by atoms with Gasteiger partial charge in [-0.2, -0.15) is 4.31 Å². The smallest absolute Gasteiger partial charge is 0.243 e. The van der Waals surface area contributed by atoms with Gasteiger partial charge < -0.3 is 5.11 Å². The van der Waals surface area contributed by atoms with Gasteiger partial charge in [0.05, 0.1) is 4.90 Å². The quantitative estimate of drug-likeness (QED) is 0.848. The van der Waals surface area contributed by atoms with Gasteiger partial charge in [0, 0.05) is 18.2 Å². The minimum absolute atomic E-state index is 0.0101. The van der Waals surface area contributed by atoms with Gasteiger partial charge in [0.2, 0.25) is 10.0 Å². The van der Waals surface area contributed by atoms with Crippen LogP contribution in [0.15, 0.2) is 29.2 Å². The molecular weight excluding hydrogens is 286 g/mol. The van der Waals surface area contributed by atoms with Gasteiger partial charge >= 0.3 is 0 Å². The predicted octanol–water partition coefficient (Wildman–Crippen LogP) is 1.84. The SMILES string of the molecule is CC1CCCN(S(=O)(=O)c2cccc(C#CCO)c2)C1C. The van der Waals surface area contributed by atoms with Crippen LogP contribution >= 0.6 is 0 Å². The number of rotatable bonds is 2. The molecule has 1 N–H and O–H groups in total. The van der Waals surface area contributed by atoms with Gasteiger partial charge in [-0.1, -0.05) is 24.8 Å². The molecule has 2 unspecified atom stereocenters. The Morgan fingerprint density at radius 2 is 2.14 bits per heavy atom. The second-order valence-corrected chi connectivity index (χ2v) is 7.35. The van der Waals surface area contributed by atoms with Crippen molar-refractivity contribution in [3.05, 3.63) is 29.8 Å². The topological polar surface area (TPSA) is 57.6 Å². The van der Waals surface area contributed by atoms with Crippen LogP contribution in [-0.2, 0) is 10.0 Å². The van der Waals surface area contributed by atoms with Crippen molar-refractivity contribution >= 4 is 10.0 Å². The molecule has 1 aliphatic rings. The van der Waals surface area contributed by atoms with Crippen molar-refractivity contribution in [1.82, 2.24) is 4.31 Å². The molecule has 5 heteroatoms. The molecule has 0 aliphatic carbocycles. The molecule has 21 heavy (non-hydrogen) atoms. The number of nitrogens with zero attached hydrogens (tertiary/aromatic N) is 1. The van der Waals surface area contributed by atoms with E-state index in [4.69, 9.17) is 5.11 Å². The fourth-order valence-corrected chi connectivity index (χ4v) is 4.46. The number of benzene rings is 1. The summed E-state index contributed by atoms with van der Waals surface area (Å²) in [4.78, 5) is 0.271. The van der Waals surface area contributed by atoms with E-state index >= 15 is 0 Å². The van der Waals surface area contributed by atoms with E-state index < -0.39 is 10.0 Å². The molecule has 0 aromatic heterocycles. The summed E-state index contributed by atoms with van der Waals surface area (Å²) in [5.41, 5.74) is 0.600. The summed E-state index contributed by atoms with van der Waals surface area (Å²) >= 11 is 0. The van der Waals surface area contributed by atoms with Gasteiger partial charge in [0.1, 0.15) is 6.61 Å². The first kappa shape index (κ1) is 16.0. The second kappa shape index (κ2) is 6.61. The van der Waals surface area contributed by atoms with Gasteiger partial charge in [0.25, 0.3) is 0 Å². The maximum Gasteiger partial charge on any atom is 0.243 e. The molecule has 0 spiro atoms. The standard InChI is InChI=1S/C16H21NO3S/c1-13-6-4-10-17(14(13)2)21(19,20)16-9-3-7-15(12-16)8-5-11-18/h3,7,9,12-14,18H,4,6,10-11H2,1-2H3. The maximum absolute atomic E-state index is 12.8. The lowest BCUT2D eigenvalue weighted by Crippen LogP contribution is -2.45. The Morgan fingerprint density at radius 1 is 1.38 bits per heavy atom. The van der Waals surface area contributed by atoms with Crippen LogP contribution in [0.25, 0.3) is 0 Å². The molecule has 1 aromatic rings. The van der Waals surface area contributed by atoms with Crippen LogP contribution < -0.4 is 0 Å². The molecular formula is C16H21NO3S. The molecule has 1 saturated heterocycles. The average Bonchev–Trinajstić information content (AvgIpc) is 2.48. The summed E-state index contributed by atoms with van der Waals surface area (Å²) in [6, 6.07) is 6.61. The van der Waals surface area contributed by atoms with Crippen molar-refractivity contribution in [3.63, 3.8) is 0 Å². The van der Waals surface area contributed by atoms with E-state index in [0.717, 1.165) is 12.8 Å². The highest BCUT2D eigenvalue weighted by Gasteiger charge is 2.34. The molecule has 0 saturated carbocycles. The molecule has 1 aliphatic heterocycles. The van der Waals surface area contributed by atoms with E-state index in [2.05, 4.69) is 18.8 Å². The molecule has 1 fully saturated rings. The van der Waals surface area contributed by atoms with Crippen LogP contribution in [0.4, 0.5) is 0 Å². The van der Waals surface area contributed by atoms with Crippen molar-refractivity contribution < 1.29 is 13.5 Å². The fraction of sp³-hybridized carbons (Fsp3) is 0.500. The van der Waals surface area contributed by atoms with Crippen LogP contribution in [-0.4, -0.2) is 37.0 Å². The Hall–Kier alpha value is -1.35. The van der Waals surface area contributed by atoms with Crippen LogP contribution in [0.5, 0.6) is 0 Å². The lowest BCUT2D eigenvalue weighted by molar-refractivity contribution is 0.202. The summed E-state index contributed by atoms with van der Waals surface area (Å²) in [7, 11) is -3.49. The Bertz CT molecular complexity index is 658. The molecule has 4 nitrogen and oxygen atoms in total. The summed E-state index contributed by atoms with van der Waals surface area (Å²) < 4.78 is 27.2. The van der Waals surface area contributed by atoms with E-state index in [-0.39, 0.29) is 17.5 Å². The lowest BCUT2D eigenvalue weighted by Gasteiger charge is -2.36. The van der Waals surface area contributed by atoms with Crippen LogP contribution in [0.3, 0.4) is 0 Å². The third kappa shape index (κ3) is 3.46. The molecule has 0 radical (unpaired) electrons. The van der Waals surface area contributed by atoms with Gasteiger partial charge in [-0.05, 0) is 43.9 Å². The van der Waals surface area contributed by atoms with E-state index in [9.17, 15) is 8.42 Å². The number of piperidine rings is 1. The second-order valence-electron chi connectivity index (χ2n) is 5.46. The van der Waals surface area contributed by atoms with E-state index in [0.29, 0.717) is 18.0 Å². The Morgan fingerprint density at radius 3 is 2.86 bits per heavy atom. The predicted molar refractivity (Wildman–Crippen MR) is 82.2 cm³/mol.